The molecule has 0 amide bonds. The highest BCUT2D eigenvalue weighted by molar-refractivity contribution is 5.37. The standard InChI is InChI=1S/C24H30N2O4/c1-18(29-23-17-26-12-10-19(23)11-13-26)25-24(20-6-3-2-4-7-20)21-8-5-9-22(16-21)30-28-15-14-27/h2-9,16,19,23-25,27H,1,10-15,17H2/t23-,24?/m0/s1. The van der Waals surface area contributed by atoms with E-state index in [0.717, 1.165) is 17.7 Å². The summed E-state index contributed by atoms with van der Waals surface area (Å²) in [4.78, 5) is 12.8. The van der Waals surface area contributed by atoms with Crippen LogP contribution >= 0.6 is 0 Å². The van der Waals surface area contributed by atoms with Crippen LogP contribution in [0.25, 0.3) is 0 Å². The van der Waals surface area contributed by atoms with Crippen molar-refractivity contribution in [3.05, 3.63) is 78.2 Å². The highest BCUT2D eigenvalue weighted by Gasteiger charge is 2.35. The summed E-state index contributed by atoms with van der Waals surface area (Å²) < 4.78 is 6.28. The van der Waals surface area contributed by atoms with Crippen LogP contribution in [0.4, 0.5) is 0 Å². The third-order valence-electron chi connectivity index (χ3n) is 5.85. The van der Waals surface area contributed by atoms with Crippen molar-refractivity contribution in [1.82, 2.24) is 10.2 Å². The van der Waals surface area contributed by atoms with Gasteiger partial charge in [0, 0.05) is 6.54 Å². The molecule has 0 aliphatic carbocycles. The van der Waals surface area contributed by atoms with E-state index < -0.39 is 0 Å². The largest absolute Gasteiger partial charge is 0.475 e. The molecule has 5 rings (SSSR count). The number of rotatable bonds is 10. The number of aliphatic hydroxyl groups is 1. The SMILES string of the molecule is C=C(NC(c1ccccc1)c1cccc(OOCCO)c1)O[C@H]1CN2CCC1CC2. The van der Waals surface area contributed by atoms with Gasteiger partial charge in [-0.25, -0.2) is 0 Å². The maximum Gasteiger partial charge on any atom is 0.180 e. The molecule has 0 spiro atoms. The van der Waals surface area contributed by atoms with Gasteiger partial charge in [0.15, 0.2) is 11.6 Å². The Morgan fingerprint density at radius 2 is 1.87 bits per heavy atom. The Morgan fingerprint density at radius 3 is 2.57 bits per heavy atom. The van der Waals surface area contributed by atoms with Gasteiger partial charge in [-0.1, -0.05) is 42.5 Å². The van der Waals surface area contributed by atoms with E-state index in [1.165, 1.54) is 25.9 Å². The molecular weight excluding hydrogens is 380 g/mol. The van der Waals surface area contributed by atoms with E-state index in [-0.39, 0.29) is 25.4 Å². The van der Waals surface area contributed by atoms with Gasteiger partial charge in [0.05, 0.1) is 12.6 Å². The Labute approximate surface area is 178 Å². The lowest BCUT2D eigenvalue weighted by atomic mass is 9.86. The molecule has 0 saturated carbocycles. The average molecular weight is 411 g/mol. The van der Waals surface area contributed by atoms with E-state index >= 15 is 0 Å². The lowest BCUT2D eigenvalue weighted by Gasteiger charge is -2.44. The summed E-state index contributed by atoms with van der Waals surface area (Å²) in [6.07, 6.45) is 2.60. The van der Waals surface area contributed by atoms with Crippen LogP contribution in [0.2, 0.25) is 0 Å². The van der Waals surface area contributed by atoms with E-state index in [1.54, 1.807) is 0 Å². The predicted octanol–water partition coefficient (Wildman–Crippen LogP) is 3.25. The van der Waals surface area contributed by atoms with Gasteiger partial charge >= 0.3 is 0 Å². The number of fused-ring (bicyclic) bond motifs is 3. The fourth-order valence-electron chi connectivity index (χ4n) is 4.32. The van der Waals surface area contributed by atoms with Gasteiger partial charge in [-0.15, -0.1) is 0 Å². The lowest BCUT2D eigenvalue weighted by molar-refractivity contribution is -0.212. The molecule has 0 radical (unpaired) electrons. The van der Waals surface area contributed by atoms with Gasteiger partial charge in [0.2, 0.25) is 0 Å². The lowest BCUT2D eigenvalue weighted by Crippen LogP contribution is -2.51. The molecular formula is C24H30N2O4. The Morgan fingerprint density at radius 1 is 1.10 bits per heavy atom. The second-order valence-electron chi connectivity index (χ2n) is 7.91. The van der Waals surface area contributed by atoms with E-state index in [9.17, 15) is 0 Å². The normalized spacial score (nSPS) is 23.6. The van der Waals surface area contributed by atoms with Gasteiger partial charge in [-0.3, -0.25) is 4.90 Å². The Bertz CT molecular complexity index is 821. The molecule has 6 nitrogen and oxygen atoms in total. The van der Waals surface area contributed by atoms with Gasteiger partial charge in [-0.05, 0) is 61.7 Å². The van der Waals surface area contributed by atoms with Crippen molar-refractivity contribution in [2.45, 2.75) is 25.0 Å². The molecule has 6 heteroatoms. The smallest absolute Gasteiger partial charge is 0.180 e. The summed E-state index contributed by atoms with van der Waals surface area (Å²) >= 11 is 0. The van der Waals surface area contributed by atoms with E-state index in [4.69, 9.17) is 19.6 Å². The monoisotopic (exact) mass is 410 g/mol. The van der Waals surface area contributed by atoms with E-state index in [2.05, 4.69) is 28.9 Å². The van der Waals surface area contributed by atoms with Crippen molar-refractivity contribution in [3.63, 3.8) is 0 Å². The minimum atomic E-state index is -0.138. The van der Waals surface area contributed by atoms with E-state index in [1.807, 2.05) is 42.5 Å². The quantitative estimate of drug-likeness (QED) is 0.271. The third kappa shape index (κ3) is 5.14. The highest BCUT2D eigenvalue weighted by Crippen LogP contribution is 2.31. The fourth-order valence-corrected chi connectivity index (χ4v) is 4.32. The number of piperidine rings is 3. The molecule has 3 heterocycles. The second kappa shape index (κ2) is 9.98. The molecule has 30 heavy (non-hydrogen) atoms. The first-order chi connectivity index (χ1) is 14.7. The zero-order valence-corrected chi connectivity index (χ0v) is 17.2. The van der Waals surface area contributed by atoms with Crippen molar-refractivity contribution in [2.75, 3.05) is 32.8 Å². The molecule has 3 aliphatic rings. The minimum Gasteiger partial charge on any atom is -0.475 e. The van der Waals surface area contributed by atoms with Crippen molar-refractivity contribution in [2.24, 2.45) is 5.92 Å². The Hall–Kier alpha value is -2.54. The average Bonchev–Trinajstić information content (AvgIpc) is 2.79. The van der Waals surface area contributed by atoms with Crippen LogP contribution in [0.15, 0.2) is 67.1 Å². The van der Waals surface area contributed by atoms with E-state index in [0.29, 0.717) is 17.6 Å². The van der Waals surface area contributed by atoms with Crippen LogP contribution < -0.4 is 10.2 Å². The molecule has 160 valence electrons. The van der Waals surface area contributed by atoms with Crippen molar-refractivity contribution < 1.29 is 19.6 Å². The topological polar surface area (TPSA) is 63.2 Å². The molecule has 2 N–H and O–H groups in total. The van der Waals surface area contributed by atoms with Crippen LogP contribution in [0.1, 0.15) is 30.0 Å². The van der Waals surface area contributed by atoms with Crippen LogP contribution in [0.5, 0.6) is 5.75 Å². The number of benzene rings is 2. The van der Waals surface area contributed by atoms with Crippen LogP contribution in [-0.4, -0.2) is 49.0 Å². The summed E-state index contributed by atoms with van der Waals surface area (Å²) in [6, 6.07) is 17.8. The number of aliphatic hydroxyl groups excluding tert-OH is 1. The number of ether oxygens (including phenoxy) is 1. The molecule has 2 aromatic carbocycles. The van der Waals surface area contributed by atoms with Crippen LogP contribution in [0.3, 0.4) is 0 Å². The third-order valence-corrected chi connectivity index (χ3v) is 5.85. The Kier molecular flexibility index (Phi) is 6.89. The summed E-state index contributed by atoms with van der Waals surface area (Å²) in [5.41, 5.74) is 2.11. The summed E-state index contributed by atoms with van der Waals surface area (Å²) in [7, 11) is 0. The highest BCUT2D eigenvalue weighted by atomic mass is 17.2. The van der Waals surface area contributed by atoms with Gasteiger partial charge in [0.1, 0.15) is 12.7 Å². The first kappa shape index (κ1) is 20.7. The molecule has 3 saturated heterocycles. The van der Waals surface area contributed by atoms with Crippen molar-refractivity contribution in [3.8, 4) is 5.75 Å². The van der Waals surface area contributed by atoms with Gasteiger partial charge in [0.25, 0.3) is 0 Å². The molecule has 0 aromatic heterocycles. The first-order valence-corrected chi connectivity index (χ1v) is 10.6. The number of nitrogens with one attached hydrogen (secondary N) is 1. The van der Waals surface area contributed by atoms with Crippen LogP contribution in [0, 0.1) is 5.92 Å². The summed E-state index contributed by atoms with van der Waals surface area (Å²) in [5.74, 6) is 1.78. The zero-order valence-electron chi connectivity index (χ0n) is 17.2. The molecule has 1 unspecified atom stereocenters. The maximum atomic E-state index is 8.87. The zero-order chi connectivity index (χ0) is 20.8. The summed E-state index contributed by atoms with van der Waals surface area (Å²) in [6.45, 7) is 7.54. The van der Waals surface area contributed by atoms with Gasteiger partial charge in [-0.2, -0.15) is 4.89 Å². The van der Waals surface area contributed by atoms with Crippen molar-refractivity contribution >= 4 is 0 Å². The van der Waals surface area contributed by atoms with Crippen LogP contribution in [-0.2, 0) is 9.62 Å². The predicted molar refractivity (Wildman–Crippen MR) is 115 cm³/mol. The first-order valence-electron chi connectivity index (χ1n) is 10.6. The molecule has 3 aliphatic heterocycles. The van der Waals surface area contributed by atoms with Gasteiger partial charge < -0.3 is 20.0 Å². The number of hydrogen-bond acceptors (Lipinski definition) is 6. The fraction of sp³-hybridized carbons (Fsp3) is 0.417. The number of hydrogen-bond donors (Lipinski definition) is 2. The summed E-state index contributed by atoms with van der Waals surface area (Å²) in [5, 5.41) is 12.3. The minimum absolute atomic E-state index is 0.0926. The molecule has 2 aromatic rings. The van der Waals surface area contributed by atoms with Crippen molar-refractivity contribution in [1.29, 1.82) is 0 Å². The maximum absolute atomic E-state index is 8.87. The molecule has 3 fully saturated rings. The Balaban J connectivity index is 1.48. The number of nitrogens with zero attached hydrogens (tertiary/aromatic N) is 1. The molecule has 2 bridgehead atoms. The second-order valence-corrected chi connectivity index (χ2v) is 7.91. The molecule has 2 atom stereocenters.